The van der Waals surface area contributed by atoms with Crippen LogP contribution in [0.15, 0.2) is 23.5 Å². The number of aliphatic imine (C=N–C) groups is 1. The lowest BCUT2D eigenvalue weighted by Crippen LogP contribution is -2.07. The zero-order chi connectivity index (χ0) is 10.8. The molecule has 0 aliphatic heterocycles. The van der Waals surface area contributed by atoms with Crippen LogP contribution < -0.4 is 0 Å². The molecule has 0 saturated heterocycles. The van der Waals surface area contributed by atoms with Gasteiger partial charge in [-0.2, -0.15) is 5.10 Å². The van der Waals surface area contributed by atoms with Gasteiger partial charge in [0.1, 0.15) is 11.8 Å². The van der Waals surface area contributed by atoms with Crippen LogP contribution in [0.5, 0.6) is 0 Å². The van der Waals surface area contributed by atoms with Crippen molar-refractivity contribution in [3.05, 3.63) is 24.2 Å². The van der Waals surface area contributed by atoms with E-state index < -0.39 is 0 Å². The van der Waals surface area contributed by atoms with Crippen LogP contribution in [0.1, 0.15) is 5.69 Å². The number of aromatic nitrogens is 3. The summed E-state index contributed by atoms with van der Waals surface area (Å²) in [7, 11) is 3.84. The van der Waals surface area contributed by atoms with E-state index in [0.29, 0.717) is 5.82 Å². The number of aryl methyl sites for hydroxylation is 1. The zero-order valence-corrected chi connectivity index (χ0v) is 9.05. The third-order valence-electron chi connectivity index (χ3n) is 2.03. The second-order valence-corrected chi connectivity index (χ2v) is 3.56. The molecule has 78 valence electrons. The van der Waals surface area contributed by atoms with Crippen molar-refractivity contribution in [2.45, 2.75) is 6.92 Å². The van der Waals surface area contributed by atoms with Crippen molar-refractivity contribution in [1.29, 1.82) is 0 Å². The predicted molar refractivity (Wildman–Crippen MR) is 59.6 cm³/mol. The molecule has 0 unspecified atom stereocenters. The third kappa shape index (κ3) is 1.81. The summed E-state index contributed by atoms with van der Waals surface area (Å²) >= 11 is 0. The van der Waals surface area contributed by atoms with Crippen molar-refractivity contribution < 1.29 is 0 Å². The van der Waals surface area contributed by atoms with Gasteiger partial charge in [0.05, 0.1) is 6.34 Å². The Morgan fingerprint density at radius 1 is 1.40 bits per heavy atom. The fourth-order valence-electron chi connectivity index (χ4n) is 1.32. The first-order valence-corrected chi connectivity index (χ1v) is 4.68. The van der Waals surface area contributed by atoms with Crippen molar-refractivity contribution in [3.8, 4) is 0 Å². The number of nitrogens with zero attached hydrogens (tertiary/aromatic N) is 5. The Labute approximate surface area is 88.1 Å². The number of fused-ring (bicyclic) bond motifs is 1. The average molecular weight is 203 g/mol. The largest absolute Gasteiger partial charge is 0.369 e. The zero-order valence-electron chi connectivity index (χ0n) is 9.05. The number of hydrogen-bond acceptors (Lipinski definition) is 3. The van der Waals surface area contributed by atoms with E-state index in [0.717, 1.165) is 11.2 Å². The fourth-order valence-corrected chi connectivity index (χ4v) is 1.32. The van der Waals surface area contributed by atoms with Crippen LogP contribution in [-0.4, -0.2) is 39.9 Å². The maximum atomic E-state index is 4.28. The Morgan fingerprint density at radius 2 is 2.20 bits per heavy atom. The molecule has 0 N–H and O–H groups in total. The third-order valence-corrected chi connectivity index (χ3v) is 2.03. The molecule has 0 spiro atoms. The highest BCUT2D eigenvalue weighted by molar-refractivity contribution is 5.70. The van der Waals surface area contributed by atoms with Gasteiger partial charge in [-0.3, -0.25) is 0 Å². The van der Waals surface area contributed by atoms with E-state index in [2.05, 4.69) is 15.1 Å². The molecule has 0 atom stereocenters. The van der Waals surface area contributed by atoms with Gasteiger partial charge in [-0.05, 0) is 19.1 Å². The molecule has 0 bridgehead atoms. The van der Waals surface area contributed by atoms with Crippen LogP contribution in [0.2, 0.25) is 0 Å². The van der Waals surface area contributed by atoms with Crippen LogP contribution >= 0.6 is 0 Å². The molecule has 0 saturated carbocycles. The van der Waals surface area contributed by atoms with Gasteiger partial charge in [0.2, 0.25) is 0 Å². The molecule has 5 nitrogen and oxygen atoms in total. The van der Waals surface area contributed by atoms with Crippen LogP contribution in [0, 0.1) is 6.92 Å². The van der Waals surface area contributed by atoms with Gasteiger partial charge in [0, 0.05) is 19.8 Å². The number of hydrogen-bond donors (Lipinski definition) is 0. The quantitative estimate of drug-likeness (QED) is 0.545. The Hall–Kier alpha value is -1.91. The lowest BCUT2D eigenvalue weighted by atomic mass is 10.5. The predicted octanol–water partition coefficient (Wildman–Crippen LogP) is 1.26. The molecule has 0 aliphatic rings. The second-order valence-electron chi connectivity index (χ2n) is 3.56. The van der Waals surface area contributed by atoms with Gasteiger partial charge in [-0.15, -0.1) is 0 Å². The molecule has 0 fully saturated rings. The summed E-state index contributed by atoms with van der Waals surface area (Å²) in [6.07, 6.45) is 3.24. The Bertz CT molecular complexity index is 497. The van der Waals surface area contributed by atoms with E-state index >= 15 is 0 Å². The summed E-state index contributed by atoms with van der Waals surface area (Å²) in [6.45, 7) is 2.00. The van der Waals surface area contributed by atoms with E-state index in [-0.39, 0.29) is 0 Å². The normalized spacial score (nSPS) is 11.4. The van der Waals surface area contributed by atoms with Crippen LogP contribution in [0.3, 0.4) is 0 Å². The minimum Gasteiger partial charge on any atom is -0.369 e. The topological polar surface area (TPSA) is 45.8 Å². The van der Waals surface area contributed by atoms with Crippen molar-refractivity contribution in [3.63, 3.8) is 0 Å². The maximum Gasteiger partial charge on any atom is 0.181 e. The fraction of sp³-hybridized carbons (Fsp3) is 0.300. The minimum atomic E-state index is 0.687. The smallest absolute Gasteiger partial charge is 0.181 e. The lowest BCUT2D eigenvalue weighted by Gasteiger charge is -2.02. The Kier molecular flexibility index (Phi) is 2.37. The summed E-state index contributed by atoms with van der Waals surface area (Å²) in [4.78, 5) is 10.3. The highest BCUT2D eigenvalue weighted by atomic mass is 15.3. The molecular formula is C10H13N5. The Morgan fingerprint density at radius 3 is 2.93 bits per heavy atom. The molecule has 2 heterocycles. The van der Waals surface area contributed by atoms with Crippen molar-refractivity contribution in [2.24, 2.45) is 4.99 Å². The van der Waals surface area contributed by atoms with Gasteiger partial charge >= 0.3 is 0 Å². The molecular weight excluding hydrogens is 190 g/mol. The SMILES string of the molecule is Cc1ccc2c(N=CN(C)C)ncnn12. The summed E-state index contributed by atoms with van der Waals surface area (Å²) in [6, 6.07) is 3.97. The van der Waals surface area contributed by atoms with E-state index in [4.69, 9.17) is 0 Å². The molecule has 2 aromatic heterocycles. The van der Waals surface area contributed by atoms with Gasteiger partial charge in [-0.25, -0.2) is 14.5 Å². The molecule has 5 heteroatoms. The first-order chi connectivity index (χ1) is 7.18. The summed E-state index contributed by atoms with van der Waals surface area (Å²) in [5, 5.41) is 4.15. The van der Waals surface area contributed by atoms with E-state index in [1.165, 1.54) is 6.33 Å². The molecule has 0 radical (unpaired) electrons. The number of rotatable bonds is 2. The average Bonchev–Trinajstić information content (AvgIpc) is 2.58. The first kappa shape index (κ1) is 9.64. The molecule has 0 aliphatic carbocycles. The van der Waals surface area contributed by atoms with Crippen LogP contribution in [0.4, 0.5) is 5.82 Å². The van der Waals surface area contributed by atoms with E-state index in [1.807, 2.05) is 42.6 Å². The van der Waals surface area contributed by atoms with Gasteiger partial charge in [0.15, 0.2) is 5.82 Å². The Balaban J connectivity index is 2.52. The van der Waals surface area contributed by atoms with Crippen molar-refractivity contribution in [2.75, 3.05) is 14.1 Å². The minimum absolute atomic E-state index is 0.687. The van der Waals surface area contributed by atoms with Crippen LogP contribution in [-0.2, 0) is 0 Å². The molecule has 2 aromatic rings. The van der Waals surface area contributed by atoms with Gasteiger partial charge in [0.25, 0.3) is 0 Å². The second kappa shape index (κ2) is 3.68. The van der Waals surface area contributed by atoms with Crippen molar-refractivity contribution in [1.82, 2.24) is 19.5 Å². The van der Waals surface area contributed by atoms with Gasteiger partial charge < -0.3 is 4.90 Å². The summed E-state index contributed by atoms with van der Waals surface area (Å²) in [5.41, 5.74) is 2.00. The highest BCUT2D eigenvalue weighted by Gasteiger charge is 2.03. The standard InChI is InChI=1S/C10H13N5/c1-8-4-5-9-10(12-7-14(2)3)11-6-13-15(8)9/h4-7H,1-3H3. The van der Waals surface area contributed by atoms with Crippen LogP contribution in [0.25, 0.3) is 5.52 Å². The monoisotopic (exact) mass is 203 g/mol. The molecule has 15 heavy (non-hydrogen) atoms. The maximum absolute atomic E-state index is 4.28. The van der Waals surface area contributed by atoms with E-state index in [9.17, 15) is 0 Å². The lowest BCUT2D eigenvalue weighted by molar-refractivity contribution is 0.643. The summed E-state index contributed by atoms with van der Waals surface area (Å²) in [5.74, 6) is 0.687. The molecule has 0 amide bonds. The first-order valence-electron chi connectivity index (χ1n) is 4.68. The van der Waals surface area contributed by atoms with Crippen molar-refractivity contribution >= 4 is 17.7 Å². The highest BCUT2D eigenvalue weighted by Crippen LogP contribution is 2.17. The van der Waals surface area contributed by atoms with Gasteiger partial charge in [-0.1, -0.05) is 0 Å². The van der Waals surface area contributed by atoms with E-state index in [1.54, 1.807) is 6.34 Å². The molecule has 0 aromatic carbocycles. The molecule has 2 rings (SSSR count). The summed E-state index contributed by atoms with van der Waals surface area (Å²) < 4.78 is 1.83.